The number of amides is 2. The van der Waals surface area contributed by atoms with Gasteiger partial charge < -0.3 is 14.5 Å². The summed E-state index contributed by atoms with van der Waals surface area (Å²) in [6.45, 7) is 3.91. The van der Waals surface area contributed by atoms with Crippen molar-refractivity contribution < 1.29 is 14.3 Å². The molecule has 0 spiro atoms. The fourth-order valence-electron chi connectivity index (χ4n) is 4.23. The van der Waals surface area contributed by atoms with Crippen LogP contribution in [0.1, 0.15) is 31.2 Å². The van der Waals surface area contributed by atoms with Gasteiger partial charge >= 0.3 is 0 Å². The van der Waals surface area contributed by atoms with Gasteiger partial charge in [0, 0.05) is 30.7 Å². The van der Waals surface area contributed by atoms with Crippen molar-refractivity contribution in [2.45, 2.75) is 31.1 Å². The normalized spacial score (nSPS) is 25.0. The van der Waals surface area contributed by atoms with Crippen molar-refractivity contribution in [2.24, 2.45) is 5.92 Å². The molecule has 1 aromatic carbocycles. The van der Waals surface area contributed by atoms with Crippen molar-refractivity contribution in [3.63, 3.8) is 0 Å². The highest BCUT2D eigenvalue weighted by atomic mass is 79.9. The summed E-state index contributed by atoms with van der Waals surface area (Å²) in [6.07, 6.45) is 3.60. The van der Waals surface area contributed by atoms with Gasteiger partial charge in [0.15, 0.2) is 0 Å². The number of carbonyl (C=O) groups is 2. The highest BCUT2D eigenvalue weighted by molar-refractivity contribution is 9.10. The van der Waals surface area contributed by atoms with Crippen molar-refractivity contribution in [1.29, 1.82) is 0 Å². The van der Waals surface area contributed by atoms with E-state index >= 15 is 0 Å². The van der Waals surface area contributed by atoms with Crippen LogP contribution in [0.3, 0.4) is 0 Å². The van der Waals surface area contributed by atoms with E-state index in [1.54, 1.807) is 0 Å². The first-order chi connectivity index (χ1) is 12.6. The summed E-state index contributed by atoms with van der Waals surface area (Å²) in [6, 6.07) is 8.11. The van der Waals surface area contributed by atoms with Crippen LogP contribution in [0.15, 0.2) is 28.7 Å². The van der Waals surface area contributed by atoms with Crippen LogP contribution in [0.4, 0.5) is 0 Å². The van der Waals surface area contributed by atoms with Gasteiger partial charge in [-0.2, -0.15) is 0 Å². The van der Waals surface area contributed by atoms with Crippen LogP contribution >= 0.6 is 15.9 Å². The molecule has 3 fully saturated rings. The molecule has 2 amide bonds. The minimum absolute atomic E-state index is 0.0634. The second-order valence-corrected chi connectivity index (χ2v) is 8.53. The van der Waals surface area contributed by atoms with Gasteiger partial charge in [0.2, 0.25) is 11.8 Å². The monoisotopic (exact) mass is 420 g/mol. The fourth-order valence-corrected chi connectivity index (χ4v) is 4.49. The van der Waals surface area contributed by atoms with Gasteiger partial charge in [-0.05, 0) is 43.4 Å². The number of hydrogen-bond donors (Lipinski definition) is 0. The van der Waals surface area contributed by atoms with Crippen LogP contribution in [0.5, 0.6) is 0 Å². The zero-order valence-electron chi connectivity index (χ0n) is 15.0. The van der Waals surface area contributed by atoms with Gasteiger partial charge in [0.1, 0.15) is 0 Å². The molecule has 2 heterocycles. The van der Waals surface area contributed by atoms with E-state index < -0.39 is 0 Å². The minimum Gasteiger partial charge on any atom is -0.378 e. The standard InChI is InChI=1S/C20H25BrN2O3/c21-17-5-3-16(4-6-17)20(7-8-20)19(25)23-9-1-2-15(14-23)18(24)22-10-12-26-13-11-22/h3-6,15H,1-2,7-14H2. The van der Waals surface area contributed by atoms with Crippen LogP contribution in [0, 0.1) is 5.92 Å². The van der Waals surface area contributed by atoms with Crippen LogP contribution in [0.25, 0.3) is 0 Å². The number of morpholine rings is 1. The average Bonchev–Trinajstić information content (AvgIpc) is 3.50. The predicted molar refractivity (Wildman–Crippen MR) is 102 cm³/mol. The molecule has 0 bridgehead atoms. The molecule has 1 aliphatic carbocycles. The number of hydrogen-bond acceptors (Lipinski definition) is 3. The van der Waals surface area contributed by atoms with Crippen molar-refractivity contribution in [3.8, 4) is 0 Å². The molecular formula is C20H25BrN2O3. The molecule has 1 aromatic rings. The van der Waals surface area contributed by atoms with E-state index in [4.69, 9.17) is 4.74 Å². The van der Waals surface area contributed by atoms with Gasteiger partial charge in [-0.15, -0.1) is 0 Å². The largest absolute Gasteiger partial charge is 0.378 e. The zero-order valence-corrected chi connectivity index (χ0v) is 16.5. The molecule has 0 N–H and O–H groups in total. The molecular weight excluding hydrogens is 396 g/mol. The highest BCUT2D eigenvalue weighted by Crippen LogP contribution is 2.50. The van der Waals surface area contributed by atoms with Crippen LogP contribution < -0.4 is 0 Å². The third kappa shape index (κ3) is 3.41. The Kier molecular flexibility index (Phi) is 5.06. The van der Waals surface area contributed by atoms with Gasteiger partial charge in [-0.25, -0.2) is 0 Å². The van der Waals surface area contributed by atoms with Crippen molar-refractivity contribution in [3.05, 3.63) is 34.3 Å². The molecule has 2 aliphatic heterocycles. The minimum atomic E-state index is -0.357. The summed E-state index contributed by atoms with van der Waals surface area (Å²) in [5.41, 5.74) is 0.747. The summed E-state index contributed by atoms with van der Waals surface area (Å²) in [4.78, 5) is 30.0. The maximum absolute atomic E-state index is 13.3. The summed E-state index contributed by atoms with van der Waals surface area (Å²) in [5.74, 6) is 0.338. The van der Waals surface area contributed by atoms with E-state index in [9.17, 15) is 9.59 Å². The Bertz CT molecular complexity index is 681. The lowest BCUT2D eigenvalue weighted by atomic mass is 9.91. The number of carbonyl (C=O) groups excluding carboxylic acids is 2. The molecule has 3 aliphatic rings. The number of benzene rings is 1. The van der Waals surface area contributed by atoms with Crippen molar-refractivity contribution >= 4 is 27.7 Å². The Labute approximate surface area is 162 Å². The maximum Gasteiger partial charge on any atom is 0.233 e. The van der Waals surface area contributed by atoms with E-state index in [-0.39, 0.29) is 23.1 Å². The number of halogens is 1. The van der Waals surface area contributed by atoms with E-state index in [1.165, 1.54) is 0 Å². The summed E-state index contributed by atoms with van der Waals surface area (Å²) >= 11 is 3.46. The Balaban J connectivity index is 1.45. The Morgan fingerprint density at radius 1 is 1.04 bits per heavy atom. The SMILES string of the molecule is O=C(C1CCCN(C(=O)C2(c3ccc(Br)cc3)CC2)C1)N1CCOCC1. The molecule has 0 aromatic heterocycles. The molecule has 26 heavy (non-hydrogen) atoms. The Morgan fingerprint density at radius 2 is 1.73 bits per heavy atom. The third-order valence-electron chi connectivity index (χ3n) is 5.94. The first-order valence-corrected chi connectivity index (χ1v) is 10.3. The second-order valence-electron chi connectivity index (χ2n) is 7.62. The number of piperidine rings is 1. The Morgan fingerprint density at radius 3 is 2.38 bits per heavy atom. The lowest BCUT2D eigenvalue weighted by Gasteiger charge is -2.37. The molecule has 2 saturated heterocycles. The number of rotatable bonds is 3. The van der Waals surface area contributed by atoms with Crippen LogP contribution in [0.2, 0.25) is 0 Å². The van der Waals surface area contributed by atoms with E-state index in [0.717, 1.165) is 42.3 Å². The fraction of sp³-hybridized carbons (Fsp3) is 0.600. The number of likely N-dealkylation sites (tertiary alicyclic amines) is 1. The quantitative estimate of drug-likeness (QED) is 0.754. The topological polar surface area (TPSA) is 49.9 Å². The predicted octanol–water partition coefficient (Wildman–Crippen LogP) is 2.58. The molecule has 6 heteroatoms. The van der Waals surface area contributed by atoms with Gasteiger partial charge in [-0.3, -0.25) is 9.59 Å². The van der Waals surface area contributed by atoms with Crippen molar-refractivity contribution in [2.75, 3.05) is 39.4 Å². The number of nitrogens with zero attached hydrogens (tertiary/aromatic N) is 2. The van der Waals surface area contributed by atoms with Gasteiger partial charge in [-0.1, -0.05) is 28.1 Å². The summed E-state index contributed by atoms with van der Waals surface area (Å²) in [5, 5.41) is 0. The summed E-state index contributed by atoms with van der Waals surface area (Å²) in [7, 11) is 0. The molecule has 1 saturated carbocycles. The number of ether oxygens (including phenoxy) is 1. The lowest BCUT2D eigenvalue weighted by molar-refractivity contribution is -0.144. The highest BCUT2D eigenvalue weighted by Gasteiger charge is 2.53. The van der Waals surface area contributed by atoms with Gasteiger partial charge in [0.05, 0.1) is 24.5 Å². The lowest BCUT2D eigenvalue weighted by Crippen LogP contribution is -2.51. The van der Waals surface area contributed by atoms with E-state index in [1.807, 2.05) is 21.9 Å². The Hall–Kier alpha value is -1.40. The van der Waals surface area contributed by atoms with Crippen LogP contribution in [-0.4, -0.2) is 61.0 Å². The van der Waals surface area contributed by atoms with E-state index in [0.29, 0.717) is 32.8 Å². The molecule has 140 valence electrons. The van der Waals surface area contributed by atoms with Gasteiger partial charge in [0.25, 0.3) is 0 Å². The summed E-state index contributed by atoms with van der Waals surface area (Å²) < 4.78 is 6.37. The first kappa shape index (κ1) is 18.0. The first-order valence-electron chi connectivity index (χ1n) is 9.52. The molecule has 1 unspecified atom stereocenters. The average molecular weight is 421 g/mol. The van der Waals surface area contributed by atoms with E-state index in [2.05, 4.69) is 28.1 Å². The molecule has 1 atom stereocenters. The molecule has 0 radical (unpaired) electrons. The second kappa shape index (κ2) is 7.31. The smallest absolute Gasteiger partial charge is 0.233 e. The molecule has 4 rings (SSSR count). The molecule has 5 nitrogen and oxygen atoms in total. The maximum atomic E-state index is 13.3. The third-order valence-corrected chi connectivity index (χ3v) is 6.47. The van der Waals surface area contributed by atoms with Crippen LogP contribution in [-0.2, 0) is 19.7 Å². The van der Waals surface area contributed by atoms with Crippen molar-refractivity contribution in [1.82, 2.24) is 9.80 Å². The zero-order chi connectivity index (χ0) is 18.1.